The van der Waals surface area contributed by atoms with Crippen molar-refractivity contribution in [2.75, 3.05) is 0 Å². The lowest BCUT2D eigenvalue weighted by Crippen LogP contribution is -1.89. The van der Waals surface area contributed by atoms with Gasteiger partial charge in [0.1, 0.15) is 5.82 Å². The lowest BCUT2D eigenvalue weighted by Gasteiger charge is -2.00. The Balaban J connectivity index is 1.78. The van der Waals surface area contributed by atoms with Gasteiger partial charge in [-0.15, -0.1) is 0 Å². The van der Waals surface area contributed by atoms with Crippen molar-refractivity contribution in [1.82, 2.24) is 0 Å². The molecule has 1 fully saturated rings. The molecule has 0 heterocycles. The van der Waals surface area contributed by atoms with Gasteiger partial charge in [0.2, 0.25) is 0 Å². The molecule has 1 aromatic carbocycles. The Bertz CT molecular complexity index is 289. The van der Waals surface area contributed by atoms with E-state index in [0.717, 1.165) is 18.3 Å². The van der Waals surface area contributed by atoms with E-state index < -0.39 is 0 Å². The second-order valence-electron chi connectivity index (χ2n) is 4.33. The normalized spacial score (nSPS) is 25.0. The van der Waals surface area contributed by atoms with Crippen LogP contribution in [0.4, 0.5) is 4.39 Å². The highest BCUT2D eigenvalue weighted by atomic mass is 19.1. The maximum Gasteiger partial charge on any atom is 0.123 e. The fraction of sp³-hybridized carbons (Fsp3) is 0.538. The largest absolute Gasteiger partial charge is 0.207 e. The first kappa shape index (κ1) is 9.70. The number of halogens is 1. The van der Waals surface area contributed by atoms with Crippen molar-refractivity contribution in [2.45, 2.75) is 32.6 Å². The summed E-state index contributed by atoms with van der Waals surface area (Å²) >= 11 is 0. The minimum absolute atomic E-state index is 0.133. The van der Waals surface area contributed by atoms with E-state index in [4.69, 9.17) is 0 Å². The molecule has 14 heavy (non-hydrogen) atoms. The van der Waals surface area contributed by atoms with Gasteiger partial charge in [-0.3, -0.25) is 0 Å². The average molecular weight is 192 g/mol. The Hall–Kier alpha value is -0.850. The minimum atomic E-state index is -0.133. The van der Waals surface area contributed by atoms with Crippen LogP contribution in [0.3, 0.4) is 0 Å². The topological polar surface area (TPSA) is 0 Å². The molecule has 1 saturated carbocycles. The minimum Gasteiger partial charge on any atom is -0.207 e. The molecule has 1 heteroatoms. The molecule has 0 saturated heterocycles. The molecule has 0 nitrogen and oxygen atoms in total. The lowest BCUT2D eigenvalue weighted by atomic mass is 10.1. The molecule has 2 rings (SSSR count). The molecular formula is C13H17F. The Morgan fingerprint density at radius 1 is 1.21 bits per heavy atom. The molecule has 76 valence electrons. The van der Waals surface area contributed by atoms with E-state index in [2.05, 4.69) is 6.92 Å². The van der Waals surface area contributed by atoms with Crippen molar-refractivity contribution in [3.05, 3.63) is 35.6 Å². The summed E-state index contributed by atoms with van der Waals surface area (Å²) in [7, 11) is 0. The van der Waals surface area contributed by atoms with E-state index in [1.165, 1.54) is 24.8 Å². The Morgan fingerprint density at radius 3 is 2.50 bits per heavy atom. The first-order valence-corrected chi connectivity index (χ1v) is 5.54. The molecular weight excluding hydrogens is 175 g/mol. The van der Waals surface area contributed by atoms with E-state index >= 15 is 0 Å². The zero-order valence-electron chi connectivity index (χ0n) is 8.67. The van der Waals surface area contributed by atoms with Gasteiger partial charge in [0.05, 0.1) is 0 Å². The van der Waals surface area contributed by atoms with Gasteiger partial charge in [-0.2, -0.15) is 0 Å². The van der Waals surface area contributed by atoms with Crippen LogP contribution in [0.15, 0.2) is 24.3 Å². The molecule has 0 aromatic heterocycles. The van der Waals surface area contributed by atoms with Crippen LogP contribution < -0.4 is 0 Å². The van der Waals surface area contributed by atoms with Crippen LogP contribution in [-0.4, -0.2) is 0 Å². The molecule has 0 radical (unpaired) electrons. The van der Waals surface area contributed by atoms with Crippen molar-refractivity contribution >= 4 is 0 Å². The van der Waals surface area contributed by atoms with Gasteiger partial charge >= 0.3 is 0 Å². The number of aryl methyl sites for hydroxylation is 1. The Morgan fingerprint density at radius 2 is 1.93 bits per heavy atom. The second kappa shape index (κ2) is 4.12. The number of hydrogen-bond acceptors (Lipinski definition) is 0. The highest BCUT2D eigenvalue weighted by Gasteiger charge is 2.34. The smallest absolute Gasteiger partial charge is 0.123 e. The monoisotopic (exact) mass is 192 g/mol. The molecule has 1 aliphatic rings. The molecule has 0 N–H and O–H groups in total. The first-order valence-electron chi connectivity index (χ1n) is 5.54. The first-order chi connectivity index (χ1) is 6.79. The van der Waals surface area contributed by atoms with Crippen molar-refractivity contribution in [3.8, 4) is 0 Å². The zero-order valence-corrected chi connectivity index (χ0v) is 8.67. The van der Waals surface area contributed by atoms with Crippen molar-refractivity contribution in [1.29, 1.82) is 0 Å². The molecule has 0 bridgehead atoms. The molecule has 2 atom stereocenters. The van der Waals surface area contributed by atoms with Gasteiger partial charge in [0.15, 0.2) is 0 Å². The summed E-state index contributed by atoms with van der Waals surface area (Å²) in [5, 5.41) is 0. The van der Waals surface area contributed by atoms with Crippen molar-refractivity contribution in [3.63, 3.8) is 0 Å². The maximum absolute atomic E-state index is 12.6. The quantitative estimate of drug-likeness (QED) is 0.680. The molecule has 0 spiro atoms. The average Bonchev–Trinajstić information content (AvgIpc) is 2.96. The number of rotatable bonds is 4. The maximum atomic E-state index is 12.6. The second-order valence-corrected chi connectivity index (χ2v) is 4.33. The van der Waals surface area contributed by atoms with Crippen molar-refractivity contribution < 1.29 is 4.39 Å². The zero-order chi connectivity index (χ0) is 9.97. The van der Waals surface area contributed by atoms with E-state index in [1.54, 1.807) is 12.1 Å². The third-order valence-corrected chi connectivity index (χ3v) is 3.31. The predicted octanol–water partition coefficient (Wildman–Crippen LogP) is 3.80. The fourth-order valence-electron chi connectivity index (χ4n) is 2.17. The van der Waals surface area contributed by atoms with Crippen molar-refractivity contribution in [2.24, 2.45) is 11.8 Å². The summed E-state index contributed by atoms with van der Waals surface area (Å²) in [5.74, 6) is 1.80. The lowest BCUT2D eigenvalue weighted by molar-refractivity contribution is 0.620. The third-order valence-electron chi connectivity index (χ3n) is 3.31. The highest BCUT2D eigenvalue weighted by molar-refractivity contribution is 5.16. The van der Waals surface area contributed by atoms with Crippen LogP contribution in [0.1, 0.15) is 31.7 Å². The molecule has 1 aliphatic carbocycles. The molecule has 0 aliphatic heterocycles. The van der Waals surface area contributed by atoms with Crippen LogP contribution >= 0.6 is 0 Å². The standard InChI is InChI=1S/C13H17F/c1-2-11-9-12(11)6-3-10-4-7-13(14)8-5-10/h4-5,7-8,11-12H,2-3,6,9H2,1H3. The molecule has 0 amide bonds. The summed E-state index contributed by atoms with van der Waals surface area (Å²) in [5.41, 5.74) is 1.27. The van der Waals surface area contributed by atoms with E-state index in [0.29, 0.717) is 0 Å². The molecule has 1 aromatic rings. The predicted molar refractivity (Wildman–Crippen MR) is 56.6 cm³/mol. The molecule has 2 unspecified atom stereocenters. The van der Waals surface area contributed by atoms with Gasteiger partial charge in [-0.25, -0.2) is 4.39 Å². The third kappa shape index (κ3) is 2.34. The van der Waals surface area contributed by atoms with Crippen LogP contribution in [0.25, 0.3) is 0 Å². The SMILES string of the molecule is CCC1CC1CCc1ccc(F)cc1. The van der Waals surface area contributed by atoms with Crippen LogP contribution in [-0.2, 0) is 6.42 Å². The van der Waals surface area contributed by atoms with E-state index in [-0.39, 0.29) is 5.82 Å². The van der Waals surface area contributed by atoms with E-state index in [9.17, 15) is 4.39 Å². The van der Waals surface area contributed by atoms with Gasteiger partial charge in [-0.1, -0.05) is 25.5 Å². The van der Waals surface area contributed by atoms with E-state index in [1.807, 2.05) is 12.1 Å². The van der Waals surface area contributed by atoms with Gasteiger partial charge in [0, 0.05) is 0 Å². The summed E-state index contributed by atoms with van der Waals surface area (Å²) < 4.78 is 12.6. The summed E-state index contributed by atoms with van der Waals surface area (Å²) in [4.78, 5) is 0. The highest BCUT2D eigenvalue weighted by Crippen LogP contribution is 2.44. The van der Waals surface area contributed by atoms with Crippen LogP contribution in [0.2, 0.25) is 0 Å². The summed E-state index contributed by atoms with van der Waals surface area (Å²) in [6.45, 7) is 2.27. The summed E-state index contributed by atoms with van der Waals surface area (Å²) in [6, 6.07) is 6.91. The number of benzene rings is 1. The van der Waals surface area contributed by atoms with Crippen LogP contribution in [0.5, 0.6) is 0 Å². The van der Waals surface area contributed by atoms with Gasteiger partial charge < -0.3 is 0 Å². The summed E-state index contributed by atoms with van der Waals surface area (Å²) in [6.07, 6.45) is 5.14. The Kier molecular flexibility index (Phi) is 2.85. The number of hydrogen-bond donors (Lipinski definition) is 0. The fourth-order valence-corrected chi connectivity index (χ4v) is 2.17. The Labute approximate surface area is 85.1 Å². The van der Waals surface area contributed by atoms with Gasteiger partial charge in [0.25, 0.3) is 0 Å². The van der Waals surface area contributed by atoms with Gasteiger partial charge in [-0.05, 0) is 48.8 Å². The van der Waals surface area contributed by atoms with Crippen LogP contribution in [0, 0.1) is 17.7 Å².